The van der Waals surface area contributed by atoms with E-state index in [1.54, 1.807) is 6.92 Å². The summed E-state index contributed by atoms with van der Waals surface area (Å²) in [5, 5.41) is 6.19. The Balaban J connectivity index is 2.81. The van der Waals surface area contributed by atoms with Crippen LogP contribution in [0.15, 0.2) is 0 Å². The summed E-state index contributed by atoms with van der Waals surface area (Å²) in [7, 11) is -3.99. The molecular formula is C6H10N2O3S3. The highest BCUT2D eigenvalue weighted by atomic mass is 32.2. The molecule has 0 aliphatic rings. The van der Waals surface area contributed by atoms with E-state index in [1.807, 2.05) is 0 Å². The lowest BCUT2D eigenvalue weighted by molar-refractivity contribution is 0.463. The molecule has 0 aliphatic carbocycles. The molecule has 0 amide bonds. The summed E-state index contributed by atoms with van der Waals surface area (Å²) in [4.78, 5) is 0. The smallest absolute Gasteiger partial charge is 0.268 e. The van der Waals surface area contributed by atoms with Crippen molar-refractivity contribution in [3.05, 3.63) is 8.96 Å². The molecule has 2 N–H and O–H groups in total. The van der Waals surface area contributed by atoms with Gasteiger partial charge in [-0.1, -0.05) is 18.3 Å². The van der Waals surface area contributed by atoms with Crippen molar-refractivity contribution in [3.8, 4) is 0 Å². The molecule has 1 aromatic heterocycles. The van der Waals surface area contributed by atoms with Crippen molar-refractivity contribution in [1.29, 1.82) is 0 Å². The summed E-state index contributed by atoms with van der Waals surface area (Å²) in [6.45, 7) is 1.70. The first-order valence-electron chi connectivity index (χ1n) is 3.94. The number of nitrogens with zero attached hydrogens (tertiary/aromatic N) is 1. The van der Waals surface area contributed by atoms with Crippen molar-refractivity contribution >= 4 is 33.7 Å². The summed E-state index contributed by atoms with van der Waals surface area (Å²) >= 11 is 6.02. The molecule has 8 heteroatoms. The Morgan fingerprint density at radius 2 is 2.36 bits per heavy atom. The third-order valence-electron chi connectivity index (χ3n) is 1.76. The van der Waals surface area contributed by atoms with Crippen LogP contribution in [0.2, 0.25) is 0 Å². The molecule has 0 radical (unpaired) electrons. The van der Waals surface area contributed by atoms with E-state index in [4.69, 9.17) is 16.8 Å². The van der Waals surface area contributed by atoms with Gasteiger partial charge in [-0.2, -0.15) is 13.5 Å². The Morgan fingerprint density at radius 1 is 1.71 bits per heavy atom. The molecule has 0 saturated carbocycles. The van der Waals surface area contributed by atoms with Crippen LogP contribution in [0.5, 0.6) is 0 Å². The molecule has 0 aliphatic heterocycles. The topological polar surface area (TPSA) is 83.0 Å². The Bertz CT molecular complexity index is 447. The first-order chi connectivity index (χ1) is 6.43. The quantitative estimate of drug-likeness (QED) is 0.627. The van der Waals surface area contributed by atoms with Gasteiger partial charge < -0.3 is 0 Å². The van der Waals surface area contributed by atoms with Gasteiger partial charge in [0.25, 0.3) is 10.1 Å². The molecule has 1 rings (SSSR count). The molecule has 1 atom stereocenters. The van der Waals surface area contributed by atoms with Gasteiger partial charge in [-0.05, 0) is 18.6 Å². The van der Waals surface area contributed by atoms with Crippen molar-refractivity contribution < 1.29 is 13.0 Å². The van der Waals surface area contributed by atoms with Gasteiger partial charge in [0.15, 0.2) is 3.95 Å². The fourth-order valence-corrected chi connectivity index (χ4v) is 2.91. The average molecular weight is 254 g/mol. The maximum absolute atomic E-state index is 10.9. The van der Waals surface area contributed by atoms with Gasteiger partial charge >= 0.3 is 0 Å². The molecule has 1 unspecified atom stereocenters. The predicted octanol–water partition coefficient (Wildman–Crippen LogP) is 1.41. The van der Waals surface area contributed by atoms with Crippen molar-refractivity contribution in [3.63, 3.8) is 0 Å². The number of H-pyrrole nitrogens is 1. The maximum Gasteiger partial charge on any atom is 0.268 e. The monoisotopic (exact) mass is 254 g/mol. The Hall–Kier alpha value is -0.310. The minimum atomic E-state index is -3.99. The molecule has 0 aromatic carbocycles. The van der Waals surface area contributed by atoms with Crippen LogP contribution in [0, 0.1) is 3.95 Å². The normalized spacial score (nSPS) is 14.1. The summed E-state index contributed by atoms with van der Waals surface area (Å²) in [5.41, 5.74) is 0. The van der Waals surface area contributed by atoms with Crippen LogP contribution in [0.25, 0.3) is 0 Å². The number of nitrogens with one attached hydrogen (secondary N) is 1. The molecule has 0 saturated heterocycles. The van der Waals surface area contributed by atoms with E-state index in [0.717, 1.165) is 0 Å². The summed E-state index contributed by atoms with van der Waals surface area (Å²) < 4.78 is 31.1. The number of hydrogen-bond acceptors (Lipinski definition) is 5. The van der Waals surface area contributed by atoms with Gasteiger partial charge in [-0.25, -0.2) is 0 Å². The van der Waals surface area contributed by atoms with E-state index >= 15 is 0 Å². The zero-order valence-electron chi connectivity index (χ0n) is 7.43. The lowest BCUT2D eigenvalue weighted by atomic mass is 10.2. The first kappa shape index (κ1) is 11.8. The number of aromatic amines is 1. The zero-order valence-corrected chi connectivity index (χ0v) is 9.88. The highest BCUT2D eigenvalue weighted by Crippen LogP contribution is 2.14. The fraction of sp³-hybridized carbons (Fsp3) is 0.667. The number of hydrogen-bond donors (Lipinski definition) is 2. The highest BCUT2D eigenvalue weighted by Gasteiger charge is 2.22. The number of aromatic nitrogens is 2. The van der Waals surface area contributed by atoms with Crippen molar-refractivity contribution in [2.75, 3.05) is 0 Å². The summed E-state index contributed by atoms with van der Waals surface area (Å²) in [6, 6.07) is 0. The van der Waals surface area contributed by atoms with Crippen LogP contribution in [-0.4, -0.2) is 28.4 Å². The van der Waals surface area contributed by atoms with Gasteiger partial charge in [0.2, 0.25) is 0 Å². The average Bonchev–Trinajstić information content (AvgIpc) is 2.45. The SMILES string of the molecule is CCC(Cc1n[nH]c(=S)s1)S(=O)(=O)O. The molecule has 0 bridgehead atoms. The second-order valence-corrected chi connectivity index (χ2v) is 6.20. The first-order valence-corrected chi connectivity index (χ1v) is 6.67. The van der Waals surface area contributed by atoms with Gasteiger partial charge in [0.05, 0.1) is 5.25 Å². The lowest BCUT2D eigenvalue weighted by Gasteiger charge is -2.07. The lowest BCUT2D eigenvalue weighted by Crippen LogP contribution is -2.22. The zero-order chi connectivity index (χ0) is 10.8. The predicted molar refractivity (Wildman–Crippen MR) is 56.6 cm³/mol. The van der Waals surface area contributed by atoms with Crippen molar-refractivity contribution in [1.82, 2.24) is 10.2 Å². The van der Waals surface area contributed by atoms with Crippen LogP contribution < -0.4 is 0 Å². The maximum atomic E-state index is 10.9. The largest absolute Gasteiger partial charge is 0.285 e. The molecule has 1 heterocycles. The van der Waals surface area contributed by atoms with Gasteiger partial charge in [0, 0.05) is 6.42 Å². The third kappa shape index (κ3) is 3.12. The molecule has 5 nitrogen and oxygen atoms in total. The van der Waals surface area contributed by atoms with Gasteiger partial charge in [0.1, 0.15) is 5.01 Å². The van der Waals surface area contributed by atoms with Crippen LogP contribution in [0.3, 0.4) is 0 Å². The van der Waals surface area contributed by atoms with E-state index in [0.29, 0.717) is 15.4 Å². The fourth-order valence-electron chi connectivity index (χ4n) is 1.00. The summed E-state index contributed by atoms with van der Waals surface area (Å²) in [5.74, 6) is 0. The van der Waals surface area contributed by atoms with Gasteiger partial charge in [-0.15, -0.1) is 0 Å². The molecule has 1 aromatic rings. The molecule has 80 valence electrons. The Morgan fingerprint density at radius 3 is 2.71 bits per heavy atom. The second kappa shape index (κ2) is 4.47. The van der Waals surface area contributed by atoms with Crippen molar-refractivity contribution in [2.24, 2.45) is 0 Å². The van der Waals surface area contributed by atoms with Crippen LogP contribution in [-0.2, 0) is 16.5 Å². The Kier molecular flexibility index (Phi) is 3.76. The third-order valence-corrected chi connectivity index (χ3v) is 4.22. The minimum Gasteiger partial charge on any atom is -0.285 e. The van der Waals surface area contributed by atoms with Crippen LogP contribution in [0.4, 0.5) is 0 Å². The van der Waals surface area contributed by atoms with E-state index < -0.39 is 15.4 Å². The minimum absolute atomic E-state index is 0.202. The molecule has 0 fully saturated rings. The van der Waals surface area contributed by atoms with Crippen LogP contribution in [0.1, 0.15) is 18.4 Å². The molecule has 14 heavy (non-hydrogen) atoms. The van der Waals surface area contributed by atoms with Gasteiger partial charge in [-0.3, -0.25) is 9.65 Å². The van der Waals surface area contributed by atoms with E-state index in [2.05, 4.69) is 10.2 Å². The summed E-state index contributed by atoms with van der Waals surface area (Å²) in [6.07, 6.45) is 0.554. The number of rotatable bonds is 4. The van der Waals surface area contributed by atoms with Crippen molar-refractivity contribution in [2.45, 2.75) is 25.0 Å². The highest BCUT2D eigenvalue weighted by molar-refractivity contribution is 7.86. The molecule has 0 spiro atoms. The van der Waals surface area contributed by atoms with E-state index in [9.17, 15) is 8.42 Å². The standard InChI is InChI=1S/C6H10N2O3S3/c1-2-4(14(9,10)11)3-5-7-8-6(12)13-5/h4H,2-3H2,1H3,(H,8,12)(H,9,10,11). The second-order valence-electron chi connectivity index (χ2n) is 2.76. The van der Waals surface area contributed by atoms with Crippen LogP contribution >= 0.6 is 23.6 Å². The molecular weight excluding hydrogens is 244 g/mol. The van der Waals surface area contributed by atoms with E-state index in [1.165, 1.54) is 11.3 Å². The van der Waals surface area contributed by atoms with E-state index in [-0.39, 0.29) is 6.42 Å². The Labute approximate surface area is 90.9 Å².